The van der Waals surface area contributed by atoms with E-state index in [0.29, 0.717) is 41.5 Å². The average Bonchev–Trinajstić information content (AvgIpc) is 3.25. The summed E-state index contributed by atoms with van der Waals surface area (Å²) in [7, 11) is 0. The summed E-state index contributed by atoms with van der Waals surface area (Å²) >= 11 is 0. The molecule has 2 aromatic heterocycles. The van der Waals surface area contributed by atoms with E-state index in [1.165, 1.54) is 0 Å². The Morgan fingerprint density at radius 1 is 1.06 bits per heavy atom. The molecule has 0 radical (unpaired) electrons. The van der Waals surface area contributed by atoms with Crippen molar-refractivity contribution < 1.29 is 14.3 Å². The van der Waals surface area contributed by atoms with Crippen molar-refractivity contribution in [1.82, 2.24) is 19.6 Å². The van der Waals surface area contributed by atoms with E-state index in [0.717, 1.165) is 16.9 Å². The van der Waals surface area contributed by atoms with Crippen LogP contribution in [-0.4, -0.2) is 25.4 Å². The third kappa shape index (κ3) is 3.53. The molecule has 1 aliphatic carbocycles. The summed E-state index contributed by atoms with van der Waals surface area (Å²) in [6.45, 7) is 4.41. The minimum absolute atomic E-state index is 0.111. The van der Waals surface area contributed by atoms with Gasteiger partial charge in [-0.1, -0.05) is 62.4 Å². The first kappa shape index (κ1) is 20.6. The van der Waals surface area contributed by atoms with Gasteiger partial charge in [-0.25, -0.2) is 14.5 Å². The number of ether oxygens (including phenoxy) is 2. The molecule has 34 heavy (non-hydrogen) atoms. The van der Waals surface area contributed by atoms with Gasteiger partial charge in [0.1, 0.15) is 24.4 Å². The minimum atomic E-state index is -0.313. The van der Waals surface area contributed by atoms with Crippen LogP contribution >= 0.6 is 0 Å². The first-order chi connectivity index (χ1) is 16.5. The van der Waals surface area contributed by atoms with Gasteiger partial charge in [-0.2, -0.15) is 0 Å². The Kier molecular flexibility index (Phi) is 4.72. The second-order valence-electron chi connectivity index (χ2n) is 9.58. The lowest BCUT2D eigenvalue weighted by molar-refractivity contribution is -0.118. The zero-order valence-electron chi connectivity index (χ0n) is 19.1. The van der Waals surface area contributed by atoms with Crippen molar-refractivity contribution in [2.45, 2.75) is 39.2 Å². The lowest BCUT2D eigenvalue weighted by atomic mass is 9.70. The van der Waals surface area contributed by atoms with Gasteiger partial charge in [-0.05, 0) is 23.1 Å². The summed E-state index contributed by atoms with van der Waals surface area (Å²) in [5, 5.41) is 4.57. The predicted molar refractivity (Wildman–Crippen MR) is 126 cm³/mol. The Bertz CT molecular complexity index is 1420. The number of hydrogen-bond acceptors (Lipinski definition) is 6. The van der Waals surface area contributed by atoms with E-state index in [9.17, 15) is 4.79 Å². The highest BCUT2D eigenvalue weighted by Crippen LogP contribution is 2.50. The highest BCUT2D eigenvalue weighted by atomic mass is 16.5. The molecule has 0 unspecified atom stereocenters. The second-order valence-corrected chi connectivity index (χ2v) is 9.58. The number of ketones is 1. The molecule has 0 saturated heterocycles. The van der Waals surface area contributed by atoms with Crippen molar-refractivity contribution in [3.05, 3.63) is 95.3 Å². The molecule has 0 spiro atoms. The van der Waals surface area contributed by atoms with E-state index in [4.69, 9.17) is 14.5 Å². The zero-order chi connectivity index (χ0) is 23.3. The van der Waals surface area contributed by atoms with Gasteiger partial charge in [-0.15, -0.1) is 5.10 Å². The fraction of sp³-hybridized carbons (Fsp3) is 0.259. The summed E-state index contributed by atoms with van der Waals surface area (Å²) in [6, 6.07) is 19.6. The maximum Gasteiger partial charge on any atom is 0.228 e. The normalized spacial score (nSPS) is 18.9. The third-order valence-corrected chi connectivity index (χ3v) is 6.35. The van der Waals surface area contributed by atoms with Gasteiger partial charge in [-0.3, -0.25) is 4.79 Å². The van der Waals surface area contributed by atoms with Crippen LogP contribution in [0.2, 0.25) is 0 Å². The summed E-state index contributed by atoms with van der Waals surface area (Å²) in [6.07, 6.45) is 2.77. The Morgan fingerprint density at radius 2 is 1.79 bits per heavy atom. The van der Waals surface area contributed by atoms with Crippen LogP contribution in [-0.2, 0) is 11.4 Å². The standard InChI is InChI=1S/C27H24N4O3/c1-27(2)13-19(32)23-20(14-27)34-26-24(22(23)17-9-5-3-6-10-17)25-29-21(30-31(25)16-28-26)15-33-18-11-7-4-8-12-18/h3-12,16,22H,13-15H2,1-2H3/t22-/m1/s1. The molecule has 0 bridgehead atoms. The van der Waals surface area contributed by atoms with Crippen molar-refractivity contribution in [1.29, 1.82) is 0 Å². The summed E-state index contributed by atoms with van der Waals surface area (Å²) in [4.78, 5) is 22.8. The molecule has 1 aliphatic heterocycles. The van der Waals surface area contributed by atoms with Crippen LogP contribution in [0.3, 0.4) is 0 Å². The molecule has 6 rings (SSSR count). The van der Waals surface area contributed by atoms with E-state index in [-0.39, 0.29) is 23.7 Å². The number of para-hydroxylation sites is 1. The number of nitrogens with zero attached hydrogens (tertiary/aromatic N) is 4. The topological polar surface area (TPSA) is 78.6 Å². The van der Waals surface area contributed by atoms with Gasteiger partial charge in [0.15, 0.2) is 17.3 Å². The Balaban J connectivity index is 1.47. The number of allylic oxidation sites excluding steroid dienone is 2. The highest BCUT2D eigenvalue weighted by molar-refractivity contribution is 6.00. The molecule has 0 N–H and O–H groups in total. The van der Waals surface area contributed by atoms with Gasteiger partial charge in [0.05, 0.1) is 5.56 Å². The first-order valence-corrected chi connectivity index (χ1v) is 11.4. The van der Waals surface area contributed by atoms with E-state index < -0.39 is 0 Å². The SMILES string of the molecule is CC1(C)CC(=O)C2=C(C1)Oc1ncn3nc(COc4ccccc4)nc3c1[C@@H]2c1ccccc1. The van der Waals surface area contributed by atoms with Crippen molar-refractivity contribution in [2.24, 2.45) is 5.41 Å². The number of Topliss-reactive ketones (excluding diaryl/α,β-unsaturated/α-hetero) is 1. The zero-order valence-corrected chi connectivity index (χ0v) is 19.1. The van der Waals surface area contributed by atoms with Gasteiger partial charge in [0.2, 0.25) is 5.88 Å². The lowest BCUT2D eigenvalue weighted by Crippen LogP contribution is -2.33. The van der Waals surface area contributed by atoms with Gasteiger partial charge < -0.3 is 9.47 Å². The van der Waals surface area contributed by atoms with Crippen LogP contribution in [0.15, 0.2) is 78.3 Å². The number of fused-ring (bicyclic) bond motifs is 3. The Morgan fingerprint density at radius 3 is 2.56 bits per heavy atom. The van der Waals surface area contributed by atoms with Gasteiger partial charge in [0, 0.05) is 24.3 Å². The smallest absolute Gasteiger partial charge is 0.228 e. The van der Waals surface area contributed by atoms with E-state index in [1.54, 1.807) is 10.8 Å². The van der Waals surface area contributed by atoms with Crippen LogP contribution in [0.5, 0.6) is 11.6 Å². The fourth-order valence-electron chi connectivity index (χ4n) is 4.89. The molecule has 1 atom stereocenters. The van der Waals surface area contributed by atoms with Crippen LogP contribution in [0.25, 0.3) is 5.65 Å². The fourth-order valence-corrected chi connectivity index (χ4v) is 4.89. The van der Waals surface area contributed by atoms with Crippen molar-refractivity contribution in [3.63, 3.8) is 0 Å². The molecule has 0 saturated carbocycles. The van der Waals surface area contributed by atoms with Crippen LogP contribution in [0.4, 0.5) is 0 Å². The minimum Gasteiger partial charge on any atom is -0.486 e. The van der Waals surface area contributed by atoms with Gasteiger partial charge >= 0.3 is 0 Å². The van der Waals surface area contributed by atoms with Crippen LogP contribution in [0.1, 0.15) is 49.6 Å². The molecule has 2 aromatic carbocycles. The maximum atomic E-state index is 13.4. The molecular formula is C27H24N4O3. The second kappa shape index (κ2) is 7.80. The number of carbonyl (C=O) groups excluding carboxylic acids is 1. The largest absolute Gasteiger partial charge is 0.486 e. The number of aromatic nitrogens is 4. The van der Waals surface area contributed by atoms with E-state index >= 15 is 0 Å². The number of carbonyl (C=O) groups is 1. The molecule has 170 valence electrons. The average molecular weight is 453 g/mol. The number of rotatable bonds is 4. The summed E-state index contributed by atoms with van der Waals surface area (Å²) < 4.78 is 13.8. The number of benzene rings is 2. The third-order valence-electron chi connectivity index (χ3n) is 6.35. The monoisotopic (exact) mass is 452 g/mol. The van der Waals surface area contributed by atoms with Crippen LogP contribution in [0, 0.1) is 5.41 Å². The molecule has 4 aromatic rings. The summed E-state index contributed by atoms with van der Waals surface area (Å²) in [5.41, 5.74) is 2.94. The van der Waals surface area contributed by atoms with Crippen molar-refractivity contribution in [3.8, 4) is 11.6 Å². The van der Waals surface area contributed by atoms with Crippen molar-refractivity contribution in [2.75, 3.05) is 0 Å². The molecule has 0 fully saturated rings. The Hall–Kier alpha value is -4.00. The summed E-state index contributed by atoms with van der Waals surface area (Å²) in [5.74, 6) is 2.27. The molecular weight excluding hydrogens is 428 g/mol. The van der Waals surface area contributed by atoms with Crippen LogP contribution < -0.4 is 9.47 Å². The molecule has 3 heterocycles. The Labute approximate surface area is 197 Å². The first-order valence-electron chi connectivity index (χ1n) is 11.4. The molecule has 2 aliphatic rings. The predicted octanol–water partition coefficient (Wildman–Crippen LogP) is 4.87. The quantitative estimate of drug-likeness (QED) is 0.440. The van der Waals surface area contributed by atoms with Gasteiger partial charge in [0.25, 0.3) is 0 Å². The van der Waals surface area contributed by atoms with E-state index in [2.05, 4.69) is 23.9 Å². The van der Waals surface area contributed by atoms with E-state index in [1.807, 2.05) is 60.7 Å². The maximum absolute atomic E-state index is 13.4. The lowest BCUT2D eigenvalue weighted by Gasteiger charge is -2.37. The molecule has 7 heteroatoms. The number of hydrogen-bond donors (Lipinski definition) is 0. The molecule has 0 amide bonds. The molecule has 7 nitrogen and oxygen atoms in total. The van der Waals surface area contributed by atoms with Crippen molar-refractivity contribution >= 4 is 11.4 Å². The highest BCUT2D eigenvalue weighted by Gasteiger charge is 2.43.